The summed E-state index contributed by atoms with van der Waals surface area (Å²) in [7, 11) is 1.93. The van der Waals surface area contributed by atoms with Crippen LogP contribution in [0.4, 0.5) is 4.39 Å². The maximum Gasteiger partial charge on any atom is 0.133 e. The topological polar surface area (TPSA) is 30.9 Å². The number of hydrogen-bond donors (Lipinski definition) is 1. The van der Waals surface area contributed by atoms with Crippen LogP contribution in [0.2, 0.25) is 0 Å². The van der Waals surface area contributed by atoms with Gasteiger partial charge in [-0.2, -0.15) is 0 Å². The van der Waals surface area contributed by atoms with Crippen LogP contribution in [0.15, 0.2) is 22.7 Å². The van der Waals surface area contributed by atoms with Gasteiger partial charge in [-0.3, -0.25) is 0 Å². The summed E-state index contributed by atoms with van der Waals surface area (Å²) in [5.74, 6) is -0.196. The molecule has 0 atom stereocenters. The van der Waals surface area contributed by atoms with E-state index in [1.807, 2.05) is 17.7 Å². The predicted molar refractivity (Wildman–Crippen MR) is 63.3 cm³/mol. The number of halogens is 2. The lowest BCUT2D eigenvalue weighted by Gasteiger charge is -2.02. The van der Waals surface area contributed by atoms with Gasteiger partial charge in [0, 0.05) is 29.0 Å². The number of nitrogens with two attached hydrogens (primary N) is 1. The van der Waals surface area contributed by atoms with Crippen molar-refractivity contribution in [3.8, 4) is 0 Å². The Morgan fingerprint density at radius 3 is 2.80 bits per heavy atom. The van der Waals surface area contributed by atoms with E-state index in [-0.39, 0.29) is 5.82 Å². The Balaban J connectivity index is 2.79. The third kappa shape index (κ3) is 1.58. The number of aryl methyl sites for hydroxylation is 1. The van der Waals surface area contributed by atoms with Crippen molar-refractivity contribution >= 4 is 26.8 Å². The molecule has 0 saturated heterocycles. The summed E-state index contributed by atoms with van der Waals surface area (Å²) in [4.78, 5) is 0. The smallest absolute Gasteiger partial charge is 0.133 e. The molecule has 0 spiro atoms. The monoisotopic (exact) mass is 270 g/mol. The van der Waals surface area contributed by atoms with E-state index in [2.05, 4.69) is 15.9 Å². The molecule has 15 heavy (non-hydrogen) atoms. The molecule has 0 fully saturated rings. The molecule has 1 heterocycles. The lowest BCUT2D eigenvalue weighted by atomic mass is 10.2. The van der Waals surface area contributed by atoms with E-state index in [0.717, 1.165) is 22.1 Å². The van der Waals surface area contributed by atoms with Crippen molar-refractivity contribution in [1.29, 1.82) is 0 Å². The summed E-state index contributed by atoms with van der Waals surface area (Å²) >= 11 is 3.44. The minimum Gasteiger partial charge on any atom is -0.346 e. The lowest BCUT2D eigenvalue weighted by Crippen LogP contribution is -2.06. The van der Waals surface area contributed by atoms with Crippen LogP contribution in [0.5, 0.6) is 0 Å². The highest BCUT2D eigenvalue weighted by molar-refractivity contribution is 9.10. The van der Waals surface area contributed by atoms with Gasteiger partial charge in [-0.05, 0) is 34.6 Å². The molecule has 2 aromatic rings. The first-order valence-electron chi connectivity index (χ1n) is 4.78. The van der Waals surface area contributed by atoms with Crippen molar-refractivity contribution in [1.82, 2.24) is 4.57 Å². The van der Waals surface area contributed by atoms with E-state index in [9.17, 15) is 4.39 Å². The quantitative estimate of drug-likeness (QED) is 0.894. The Hall–Kier alpha value is -0.870. The number of benzene rings is 1. The summed E-state index contributed by atoms with van der Waals surface area (Å²) in [6.45, 7) is 0.560. The number of aromatic nitrogens is 1. The van der Waals surface area contributed by atoms with Crippen LogP contribution in [-0.4, -0.2) is 11.1 Å². The highest BCUT2D eigenvalue weighted by Crippen LogP contribution is 2.32. The molecule has 2 rings (SSSR count). The Bertz CT molecular complexity index is 505. The Morgan fingerprint density at radius 2 is 2.20 bits per heavy atom. The fourth-order valence-corrected chi connectivity index (χ4v) is 2.72. The molecule has 2 nitrogen and oxygen atoms in total. The van der Waals surface area contributed by atoms with Crippen LogP contribution in [0.25, 0.3) is 10.9 Å². The first-order valence-corrected chi connectivity index (χ1v) is 5.57. The van der Waals surface area contributed by atoms with Crippen molar-refractivity contribution in [2.75, 3.05) is 6.54 Å². The zero-order valence-corrected chi connectivity index (χ0v) is 10.0. The number of rotatable bonds is 2. The largest absolute Gasteiger partial charge is 0.346 e. The van der Waals surface area contributed by atoms with Gasteiger partial charge in [-0.25, -0.2) is 4.39 Å². The summed E-state index contributed by atoms with van der Waals surface area (Å²) < 4.78 is 16.4. The second-order valence-corrected chi connectivity index (χ2v) is 4.29. The molecule has 0 aliphatic heterocycles. The SMILES string of the molecule is Cn1c(CCN)c(Br)c2c(F)cccc21. The third-order valence-corrected chi connectivity index (χ3v) is 3.47. The van der Waals surface area contributed by atoms with Crippen LogP contribution >= 0.6 is 15.9 Å². The average Bonchev–Trinajstić information content (AvgIpc) is 2.45. The predicted octanol–water partition coefficient (Wildman–Crippen LogP) is 2.58. The molecule has 1 aromatic carbocycles. The Labute approximate surface area is 96.0 Å². The van der Waals surface area contributed by atoms with Gasteiger partial charge in [-0.1, -0.05) is 6.07 Å². The van der Waals surface area contributed by atoms with Crippen LogP contribution in [0.3, 0.4) is 0 Å². The maximum absolute atomic E-state index is 13.6. The van der Waals surface area contributed by atoms with E-state index in [1.165, 1.54) is 6.07 Å². The lowest BCUT2D eigenvalue weighted by molar-refractivity contribution is 0.639. The highest BCUT2D eigenvalue weighted by atomic mass is 79.9. The highest BCUT2D eigenvalue weighted by Gasteiger charge is 2.14. The minimum atomic E-state index is -0.196. The number of fused-ring (bicyclic) bond motifs is 1. The second kappa shape index (κ2) is 3.94. The fraction of sp³-hybridized carbons (Fsp3) is 0.273. The molecule has 1 aromatic heterocycles. The maximum atomic E-state index is 13.6. The molecular weight excluding hydrogens is 259 g/mol. The molecule has 4 heteroatoms. The summed E-state index contributed by atoms with van der Waals surface area (Å²) in [6.07, 6.45) is 0.741. The van der Waals surface area contributed by atoms with Gasteiger partial charge in [0.1, 0.15) is 5.82 Å². The molecule has 0 aliphatic rings. The molecular formula is C11H12BrFN2. The van der Waals surface area contributed by atoms with Gasteiger partial charge in [-0.15, -0.1) is 0 Å². The molecule has 80 valence electrons. The van der Waals surface area contributed by atoms with E-state index < -0.39 is 0 Å². The van der Waals surface area contributed by atoms with Gasteiger partial charge >= 0.3 is 0 Å². The fourth-order valence-electron chi connectivity index (χ4n) is 1.86. The normalized spacial score (nSPS) is 11.2. The van der Waals surface area contributed by atoms with Crippen LogP contribution in [0.1, 0.15) is 5.69 Å². The van der Waals surface area contributed by atoms with Crippen LogP contribution in [-0.2, 0) is 13.5 Å². The Morgan fingerprint density at radius 1 is 1.47 bits per heavy atom. The summed E-state index contributed by atoms with van der Waals surface area (Å²) in [5, 5.41) is 0.642. The second-order valence-electron chi connectivity index (χ2n) is 3.49. The van der Waals surface area contributed by atoms with E-state index >= 15 is 0 Å². The first-order chi connectivity index (χ1) is 7.16. The third-order valence-electron chi connectivity index (χ3n) is 2.61. The Kier molecular flexibility index (Phi) is 2.80. The van der Waals surface area contributed by atoms with E-state index in [0.29, 0.717) is 11.9 Å². The van der Waals surface area contributed by atoms with Gasteiger partial charge < -0.3 is 10.3 Å². The van der Waals surface area contributed by atoms with Crippen molar-refractivity contribution in [2.24, 2.45) is 12.8 Å². The summed E-state index contributed by atoms with van der Waals surface area (Å²) in [5.41, 5.74) is 7.46. The van der Waals surface area contributed by atoms with Crippen molar-refractivity contribution < 1.29 is 4.39 Å². The van der Waals surface area contributed by atoms with Crippen LogP contribution < -0.4 is 5.73 Å². The van der Waals surface area contributed by atoms with Crippen molar-refractivity contribution in [3.05, 3.63) is 34.2 Å². The molecule has 0 amide bonds. The van der Waals surface area contributed by atoms with Gasteiger partial charge in [0.2, 0.25) is 0 Å². The molecule has 0 unspecified atom stereocenters. The van der Waals surface area contributed by atoms with Gasteiger partial charge in [0.05, 0.1) is 5.52 Å². The zero-order valence-electron chi connectivity index (χ0n) is 8.43. The molecule has 0 radical (unpaired) electrons. The average molecular weight is 271 g/mol. The van der Waals surface area contributed by atoms with Gasteiger partial charge in [0.25, 0.3) is 0 Å². The van der Waals surface area contributed by atoms with Crippen LogP contribution in [0, 0.1) is 5.82 Å². The molecule has 2 N–H and O–H groups in total. The minimum absolute atomic E-state index is 0.196. The van der Waals surface area contributed by atoms with Gasteiger partial charge in [0.15, 0.2) is 0 Å². The van der Waals surface area contributed by atoms with E-state index in [1.54, 1.807) is 6.07 Å². The van der Waals surface area contributed by atoms with E-state index in [4.69, 9.17) is 5.73 Å². The standard InChI is InChI=1S/C11H12BrFN2/c1-15-8-4-2-3-7(13)10(8)11(12)9(15)5-6-14/h2-4H,5-6,14H2,1H3. The molecule has 0 bridgehead atoms. The summed E-state index contributed by atoms with van der Waals surface area (Å²) in [6, 6.07) is 5.10. The van der Waals surface area contributed by atoms with Crippen molar-refractivity contribution in [3.63, 3.8) is 0 Å². The molecule has 0 saturated carbocycles. The number of nitrogens with zero attached hydrogens (tertiary/aromatic N) is 1. The zero-order chi connectivity index (χ0) is 11.0. The first kappa shape index (κ1) is 10.6. The number of hydrogen-bond acceptors (Lipinski definition) is 1. The molecule has 0 aliphatic carbocycles. The van der Waals surface area contributed by atoms with Crippen molar-refractivity contribution in [2.45, 2.75) is 6.42 Å².